The first-order chi connectivity index (χ1) is 6.79. The molecule has 0 saturated carbocycles. The number of thioether (sulfide) groups is 1. The van der Waals surface area contributed by atoms with Crippen LogP contribution >= 0.6 is 11.8 Å². The molecular formula is C10H21N3S. The lowest BCUT2D eigenvalue weighted by Gasteiger charge is -2.15. The van der Waals surface area contributed by atoms with E-state index in [2.05, 4.69) is 29.5 Å². The third-order valence-electron chi connectivity index (χ3n) is 1.89. The highest BCUT2D eigenvalue weighted by molar-refractivity contribution is 7.99. The topological polar surface area (TPSA) is 36.4 Å². The number of rotatable bonds is 5. The molecule has 0 atom stereocenters. The van der Waals surface area contributed by atoms with E-state index in [1.54, 1.807) is 0 Å². The molecule has 0 radical (unpaired) electrons. The molecule has 0 unspecified atom stereocenters. The van der Waals surface area contributed by atoms with Gasteiger partial charge < -0.3 is 10.6 Å². The average Bonchev–Trinajstić information content (AvgIpc) is 2.18. The second-order valence-corrected chi connectivity index (χ2v) is 5.06. The molecule has 1 heterocycles. The van der Waals surface area contributed by atoms with E-state index in [4.69, 9.17) is 0 Å². The highest BCUT2D eigenvalue weighted by Crippen LogP contribution is 2.05. The summed E-state index contributed by atoms with van der Waals surface area (Å²) in [4.78, 5) is 4.35. The van der Waals surface area contributed by atoms with Crippen molar-refractivity contribution in [1.29, 1.82) is 0 Å². The summed E-state index contributed by atoms with van der Waals surface area (Å²) >= 11 is 2.00. The molecule has 1 aliphatic heterocycles. The first-order valence-corrected chi connectivity index (χ1v) is 6.54. The quantitative estimate of drug-likeness (QED) is 0.679. The third-order valence-corrected chi connectivity index (χ3v) is 3.28. The maximum Gasteiger partial charge on any atom is 0.191 e. The fourth-order valence-corrected chi connectivity index (χ4v) is 2.10. The lowest BCUT2D eigenvalue weighted by atomic mass is 10.3. The van der Waals surface area contributed by atoms with Crippen LogP contribution in [0, 0.1) is 5.92 Å². The minimum Gasteiger partial charge on any atom is -0.356 e. The van der Waals surface area contributed by atoms with Gasteiger partial charge in [-0.05, 0) is 18.1 Å². The largest absolute Gasteiger partial charge is 0.356 e. The van der Waals surface area contributed by atoms with Crippen LogP contribution < -0.4 is 10.6 Å². The van der Waals surface area contributed by atoms with Gasteiger partial charge in [-0.25, -0.2) is 0 Å². The number of hydrogen-bond donors (Lipinski definition) is 2. The summed E-state index contributed by atoms with van der Waals surface area (Å²) in [6.45, 7) is 7.56. The van der Waals surface area contributed by atoms with Crippen LogP contribution in [0.25, 0.3) is 0 Å². The van der Waals surface area contributed by atoms with E-state index in [0.29, 0.717) is 0 Å². The molecule has 0 aliphatic carbocycles. The third kappa shape index (κ3) is 5.37. The van der Waals surface area contributed by atoms with Crippen LogP contribution in [-0.4, -0.2) is 37.1 Å². The van der Waals surface area contributed by atoms with E-state index in [1.807, 2.05) is 11.8 Å². The van der Waals surface area contributed by atoms with Crippen molar-refractivity contribution in [3.63, 3.8) is 0 Å². The molecule has 0 bridgehead atoms. The van der Waals surface area contributed by atoms with Crippen molar-refractivity contribution < 1.29 is 0 Å². The zero-order valence-electron chi connectivity index (χ0n) is 9.18. The summed E-state index contributed by atoms with van der Waals surface area (Å²) in [5, 5.41) is 6.56. The van der Waals surface area contributed by atoms with Gasteiger partial charge in [0.05, 0.1) is 0 Å². The molecule has 2 N–H and O–H groups in total. The van der Waals surface area contributed by atoms with E-state index in [0.717, 1.165) is 37.9 Å². The Morgan fingerprint density at radius 1 is 1.57 bits per heavy atom. The molecular weight excluding hydrogens is 194 g/mol. The average molecular weight is 215 g/mol. The lowest BCUT2D eigenvalue weighted by Crippen LogP contribution is -2.41. The summed E-state index contributed by atoms with van der Waals surface area (Å²) < 4.78 is 0. The van der Waals surface area contributed by atoms with Gasteiger partial charge in [-0.2, -0.15) is 11.8 Å². The van der Waals surface area contributed by atoms with Gasteiger partial charge in [0.1, 0.15) is 0 Å². The van der Waals surface area contributed by atoms with Gasteiger partial charge in [-0.15, -0.1) is 0 Å². The monoisotopic (exact) mass is 215 g/mol. The van der Waals surface area contributed by atoms with Gasteiger partial charge in [-0.3, -0.25) is 4.99 Å². The molecule has 0 aromatic rings. The molecule has 14 heavy (non-hydrogen) atoms. The van der Waals surface area contributed by atoms with Crippen LogP contribution in [0.5, 0.6) is 0 Å². The molecule has 82 valence electrons. The Morgan fingerprint density at radius 2 is 2.43 bits per heavy atom. The fraction of sp³-hybridized carbons (Fsp3) is 0.900. The summed E-state index contributed by atoms with van der Waals surface area (Å²) in [5.74, 6) is 4.20. The van der Waals surface area contributed by atoms with Crippen LogP contribution in [0.2, 0.25) is 0 Å². The van der Waals surface area contributed by atoms with Crippen molar-refractivity contribution in [2.75, 3.05) is 31.1 Å². The lowest BCUT2D eigenvalue weighted by molar-refractivity contribution is 0.709. The maximum absolute atomic E-state index is 4.35. The van der Waals surface area contributed by atoms with Crippen molar-refractivity contribution in [3.8, 4) is 0 Å². The first-order valence-electron chi connectivity index (χ1n) is 5.39. The minimum absolute atomic E-state index is 0.796. The standard InChI is InChI=1S/C10H21N3S/c1-9(2)8-14-7-6-13-10-11-4-3-5-12-10/h9H,3-8H2,1-2H3,(H2,11,12,13). The van der Waals surface area contributed by atoms with Crippen LogP contribution in [0.15, 0.2) is 4.99 Å². The number of aliphatic imine (C=N–C) groups is 1. The molecule has 0 amide bonds. The van der Waals surface area contributed by atoms with Crippen molar-refractivity contribution >= 4 is 17.7 Å². The Balaban J connectivity index is 1.95. The van der Waals surface area contributed by atoms with E-state index in [1.165, 1.54) is 11.5 Å². The SMILES string of the molecule is CC(C)CSCCNC1=NCCCN1. The van der Waals surface area contributed by atoms with E-state index in [-0.39, 0.29) is 0 Å². The first kappa shape index (κ1) is 11.7. The molecule has 0 saturated heterocycles. The normalized spacial score (nSPS) is 16.4. The van der Waals surface area contributed by atoms with Gasteiger partial charge in [0.2, 0.25) is 0 Å². The molecule has 3 nitrogen and oxygen atoms in total. The highest BCUT2D eigenvalue weighted by atomic mass is 32.2. The van der Waals surface area contributed by atoms with Crippen LogP contribution in [-0.2, 0) is 0 Å². The number of nitrogens with zero attached hydrogens (tertiary/aromatic N) is 1. The molecule has 0 fully saturated rings. The second-order valence-electron chi connectivity index (χ2n) is 3.91. The van der Waals surface area contributed by atoms with Gasteiger partial charge in [0, 0.05) is 25.4 Å². The van der Waals surface area contributed by atoms with Crippen molar-refractivity contribution in [1.82, 2.24) is 10.6 Å². The van der Waals surface area contributed by atoms with Crippen molar-refractivity contribution in [2.45, 2.75) is 20.3 Å². The van der Waals surface area contributed by atoms with E-state index >= 15 is 0 Å². The Kier molecular flexibility index (Phi) is 5.83. The fourth-order valence-electron chi connectivity index (χ4n) is 1.21. The number of guanidine groups is 1. The molecule has 1 aliphatic rings. The zero-order chi connectivity index (χ0) is 10.2. The predicted octanol–water partition coefficient (Wildman–Crippen LogP) is 1.31. The molecule has 0 spiro atoms. The Morgan fingerprint density at radius 3 is 3.07 bits per heavy atom. The summed E-state index contributed by atoms with van der Waals surface area (Å²) in [6, 6.07) is 0. The zero-order valence-corrected chi connectivity index (χ0v) is 9.99. The molecule has 0 aromatic carbocycles. The molecule has 1 rings (SSSR count). The number of nitrogens with one attached hydrogen (secondary N) is 2. The predicted molar refractivity (Wildman–Crippen MR) is 65.1 cm³/mol. The second kappa shape index (κ2) is 6.98. The van der Waals surface area contributed by atoms with Crippen LogP contribution in [0.4, 0.5) is 0 Å². The Bertz CT molecular complexity index is 180. The van der Waals surface area contributed by atoms with Crippen LogP contribution in [0.3, 0.4) is 0 Å². The van der Waals surface area contributed by atoms with Crippen molar-refractivity contribution in [3.05, 3.63) is 0 Å². The van der Waals surface area contributed by atoms with E-state index in [9.17, 15) is 0 Å². The van der Waals surface area contributed by atoms with Gasteiger partial charge >= 0.3 is 0 Å². The Hall–Kier alpha value is -0.380. The van der Waals surface area contributed by atoms with Crippen LogP contribution in [0.1, 0.15) is 20.3 Å². The summed E-state index contributed by atoms with van der Waals surface area (Å²) in [5.41, 5.74) is 0. The highest BCUT2D eigenvalue weighted by Gasteiger charge is 2.01. The maximum atomic E-state index is 4.35. The summed E-state index contributed by atoms with van der Waals surface area (Å²) in [6.07, 6.45) is 1.16. The summed E-state index contributed by atoms with van der Waals surface area (Å²) in [7, 11) is 0. The molecule has 0 aromatic heterocycles. The smallest absolute Gasteiger partial charge is 0.191 e. The number of hydrogen-bond acceptors (Lipinski definition) is 4. The van der Waals surface area contributed by atoms with Gasteiger partial charge in [0.15, 0.2) is 5.96 Å². The van der Waals surface area contributed by atoms with E-state index < -0.39 is 0 Å². The van der Waals surface area contributed by atoms with Crippen molar-refractivity contribution in [2.24, 2.45) is 10.9 Å². The Labute approximate surface area is 91.1 Å². The van der Waals surface area contributed by atoms with Gasteiger partial charge in [-0.1, -0.05) is 13.8 Å². The minimum atomic E-state index is 0.796. The van der Waals surface area contributed by atoms with Gasteiger partial charge in [0.25, 0.3) is 0 Å². The molecule has 4 heteroatoms.